The predicted molar refractivity (Wildman–Crippen MR) is 113 cm³/mol. The van der Waals surface area contributed by atoms with Gasteiger partial charge in [0.1, 0.15) is 0 Å². The van der Waals surface area contributed by atoms with Crippen LogP contribution in [0.25, 0.3) is 21.8 Å². The van der Waals surface area contributed by atoms with Crippen LogP contribution in [0.1, 0.15) is 18.5 Å². The van der Waals surface area contributed by atoms with Crippen LogP contribution >= 0.6 is 24.8 Å². The summed E-state index contributed by atoms with van der Waals surface area (Å²) in [4.78, 5) is 0. The summed E-state index contributed by atoms with van der Waals surface area (Å²) in [7, 11) is 0. The second-order valence-corrected chi connectivity index (χ2v) is 6.01. The van der Waals surface area contributed by atoms with Gasteiger partial charge >= 0.3 is 0 Å². The summed E-state index contributed by atoms with van der Waals surface area (Å²) >= 11 is 0. The lowest BCUT2D eigenvalue weighted by molar-refractivity contribution is 0.685. The molecule has 0 amide bonds. The van der Waals surface area contributed by atoms with Crippen LogP contribution < -0.4 is 11.5 Å². The number of nitrogens with zero attached hydrogens (tertiary/aromatic N) is 1. The molecule has 1 aromatic heterocycles. The van der Waals surface area contributed by atoms with Crippen LogP contribution in [-0.4, -0.2) is 4.57 Å². The van der Waals surface area contributed by atoms with Crippen LogP contribution in [0.5, 0.6) is 0 Å². The molecule has 0 radical (unpaired) electrons. The summed E-state index contributed by atoms with van der Waals surface area (Å²) in [6.07, 6.45) is 0. The van der Waals surface area contributed by atoms with Crippen molar-refractivity contribution < 1.29 is 0 Å². The smallest absolute Gasteiger partial charge is 0.0563 e. The van der Waals surface area contributed by atoms with Crippen LogP contribution in [0.3, 0.4) is 0 Å². The molecule has 4 aromatic rings. The monoisotopic (exact) mass is 373 g/mol. The third-order valence-corrected chi connectivity index (χ3v) is 4.52. The maximum absolute atomic E-state index is 6.05. The SMILES string of the molecule is CC(c1ccccc1)n1c2cc(N)ccc2c2ccc(N)cc21.Cl.Cl. The first-order chi connectivity index (χ1) is 11.1. The molecule has 3 nitrogen and oxygen atoms in total. The Bertz CT molecular complexity index is 950. The first-order valence-electron chi connectivity index (χ1n) is 7.79. The topological polar surface area (TPSA) is 57.0 Å². The fraction of sp³-hybridized carbons (Fsp3) is 0.100. The highest BCUT2D eigenvalue weighted by atomic mass is 35.5. The molecule has 1 heterocycles. The van der Waals surface area contributed by atoms with Crippen molar-refractivity contribution in [3.8, 4) is 0 Å². The minimum Gasteiger partial charge on any atom is -0.399 e. The van der Waals surface area contributed by atoms with E-state index in [0.717, 1.165) is 22.4 Å². The van der Waals surface area contributed by atoms with E-state index in [9.17, 15) is 0 Å². The molecule has 3 aromatic carbocycles. The van der Waals surface area contributed by atoms with Crippen molar-refractivity contribution in [1.29, 1.82) is 0 Å². The normalized spacial score (nSPS) is 11.7. The standard InChI is InChI=1S/C20H19N3.2ClH/c1-13(14-5-3-2-4-6-14)23-19-11-15(21)7-9-17(19)18-10-8-16(22)12-20(18)23;;/h2-13H,21-22H2,1H3;2*1H. The first kappa shape index (κ1) is 19.0. The molecule has 4 rings (SSSR count). The molecule has 130 valence electrons. The van der Waals surface area contributed by atoms with E-state index < -0.39 is 0 Å². The minimum atomic E-state index is 0. The molecule has 0 saturated carbocycles. The fourth-order valence-electron chi connectivity index (χ4n) is 3.38. The Morgan fingerprint density at radius 2 is 1.20 bits per heavy atom. The van der Waals surface area contributed by atoms with Gasteiger partial charge in [-0.1, -0.05) is 42.5 Å². The van der Waals surface area contributed by atoms with Gasteiger partial charge in [-0.05, 0) is 36.8 Å². The zero-order chi connectivity index (χ0) is 16.0. The fourth-order valence-corrected chi connectivity index (χ4v) is 3.38. The summed E-state index contributed by atoms with van der Waals surface area (Å²) in [5.41, 5.74) is 17.2. The number of benzene rings is 3. The Morgan fingerprint density at radius 3 is 1.68 bits per heavy atom. The van der Waals surface area contributed by atoms with Gasteiger partial charge < -0.3 is 16.0 Å². The molecular formula is C20H21Cl2N3. The summed E-state index contributed by atoms with van der Waals surface area (Å²) in [6.45, 7) is 2.21. The first-order valence-corrected chi connectivity index (χ1v) is 7.79. The number of hydrogen-bond acceptors (Lipinski definition) is 2. The third kappa shape index (κ3) is 3.13. The van der Waals surface area contributed by atoms with E-state index in [1.54, 1.807) is 0 Å². The zero-order valence-corrected chi connectivity index (χ0v) is 15.5. The molecule has 0 saturated heterocycles. The van der Waals surface area contributed by atoms with Crippen molar-refractivity contribution in [2.45, 2.75) is 13.0 Å². The molecule has 5 heteroatoms. The number of fused-ring (bicyclic) bond motifs is 3. The van der Waals surface area contributed by atoms with Gasteiger partial charge in [0.15, 0.2) is 0 Å². The number of nitrogens with two attached hydrogens (primary N) is 2. The molecule has 1 unspecified atom stereocenters. The maximum atomic E-state index is 6.05. The van der Waals surface area contributed by atoms with Crippen molar-refractivity contribution in [1.82, 2.24) is 4.57 Å². The second-order valence-electron chi connectivity index (χ2n) is 6.01. The van der Waals surface area contributed by atoms with E-state index in [0.29, 0.717) is 0 Å². The molecule has 0 aliphatic rings. The van der Waals surface area contributed by atoms with Crippen molar-refractivity contribution in [3.63, 3.8) is 0 Å². The van der Waals surface area contributed by atoms with Gasteiger partial charge in [0, 0.05) is 22.1 Å². The Balaban J connectivity index is 0.00000113. The predicted octanol–water partition coefficient (Wildman–Crippen LogP) is 5.41. The van der Waals surface area contributed by atoms with E-state index in [2.05, 4.69) is 47.9 Å². The van der Waals surface area contributed by atoms with E-state index in [4.69, 9.17) is 11.5 Å². The molecule has 0 fully saturated rings. The summed E-state index contributed by atoms with van der Waals surface area (Å²) in [6, 6.07) is 22.9. The summed E-state index contributed by atoms with van der Waals surface area (Å²) < 4.78 is 2.33. The molecule has 4 N–H and O–H groups in total. The lowest BCUT2D eigenvalue weighted by atomic mass is 10.1. The van der Waals surface area contributed by atoms with Crippen molar-refractivity contribution in [2.24, 2.45) is 0 Å². The van der Waals surface area contributed by atoms with Crippen LogP contribution in [0, 0.1) is 0 Å². The van der Waals surface area contributed by atoms with Gasteiger partial charge in [0.05, 0.1) is 17.1 Å². The Hall–Kier alpha value is -2.36. The van der Waals surface area contributed by atoms with Crippen molar-refractivity contribution in [3.05, 3.63) is 72.3 Å². The summed E-state index contributed by atoms with van der Waals surface area (Å²) in [5.74, 6) is 0. The molecule has 0 aliphatic heterocycles. The van der Waals surface area contributed by atoms with E-state index >= 15 is 0 Å². The van der Waals surface area contributed by atoms with Crippen LogP contribution in [0.2, 0.25) is 0 Å². The zero-order valence-electron chi connectivity index (χ0n) is 13.8. The minimum absolute atomic E-state index is 0. The van der Waals surface area contributed by atoms with Gasteiger partial charge in [-0.3, -0.25) is 0 Å². The highest BCUT2D eigenvalue weighted by Gasteiger charge is 2.16. The van der Waals surface area contributed by atoms with E-state index in [1.165, 1.54) is 16.3 Å². The second kappa shape index (κ2) is 7.26. The number of hydrogen-bond donors (Lipinski definition) is 2. The van der Waals surface area contributed by atoms with Gasteiger partial charge in [0.2, 0.25) is 0 Å². The molecule has 1 atom stereocenters. The van der Waals surface area contributed by atoms with Crippen LogP contribution in [-0.2, 0) is 0 Å². The number of rotatable bonds is 2. The van der Waals surface area contributed by atoms with Gasteiger partial charge in [-0.2, -0.15) is 0 Å². The Labute approximate surface area is 159 Å². The van der Waals surface area contributed by atoms with Gasteiger partial charge in [-0.15, -0.1) is 24.8 Å². The molecule has 0 aliphatic carbocycles. The number of aromatic nitrogens is 1. The van der Waals surface area contributed by atoms with E-state index in [1.807, 2.05) is 30.3 Å². The number of halogens is 2. The molecule has 25 heavy (non-hydrogen) atoms. The highest BCUT2D eigenvalue weighted by molar-refractivity contribution is 6.09. The van der Waals surface area contributed by atoms with Gasteiger partial charge in [-0.25, -0.2) is 0 Å². The molecule has 0 spiro atoms. The summed E-state index contributed by atoms with van der Waals surface area (Å²) in [5, 5.41) is 2.41. The average molecular weight is 374 g/mol. The number of anilines is 2. The highest BCUT2D eigenvalue weighted by Crippen LogP contribution is 2.35. The quantitative estimate of drug-likeness (QED) is 0.461. The largest absolute Gasteiger partial charge is 0.399 e. The Kier molecular flexibility index (Phi) is 5.51. The number of nitrogen functional groups attached to an aromatic ring is 2. The van der Waals surface area contributed by atoms with E-state index in [-0.39, 0.29) is 30.9 Å². The average Bonchev–Trinajstić information content (AvgIpc) is 2.87. The molecular weight excluding hydrogens is 353 g/mol. The lowest BCUT2D eigenvalue weighted by Crippen LogP contribution is -2.06. The van der Waals surface area contributed by atoms with Crippen LogP contribution in [0.4, 0.5) is 11.4 Å². The Morgan fingerprint density at radius 1 is 0.720 bits per heavy atom. The maximum Gasteiger partial charge on any atom is 0.0563 e. The third-order valence-electron chi connectivity index (χ3n) is 4.52. The van der Waals surface area contributed by atoms with Crippen molar-refractivity contribution >= 4 is 58.0 Å². The molecule has 0 bridgehead atoms. The lowest BCUT2D eigenvalue weighted by Gasteiger charge is -2.17. The van der Waals surface area contributed by atoms with Crippen LogP contribution in [0.15, 0.2) is 66.7 Å². The van der Waals surface area contributed by atoms with Gasteiger partial charge in [0.25, 0.3) is 0 Å². The van der Waals surface area contributed by atoms with Crippen molar-refractivity contribution in [2.75, 3.05) is 11.5 Å².